The Kier molecular flexibility index (Phi) is 9.37. The maximum absolute atomic E-state index is 12.8. The van der Waals surface area contributed by atoms with E-state index in [1.54, 1.807) is 18.2 Å². The van der Waals surface area contributed by atoms with Crippen molar-refractivity contribution in [3.05, 3.63) is 81.1 Å². The lowest BCUT2D eigenvalue weighted by atomic mass is 10.0. The molecule has 2 amide bonds. The van der Waals surface area contributed by atoms with Crippen LogP contribution in [0.5, 0.6) is 5.75 Å². The van der Waals surface area contributed by atoms with Gasteiger partial charge in [0.2, 0.25) is 0 Å². The fourth-order valence-corrected chi connectivity index (χ4v) is 3.90. The van der Waals surface area contributed by atoms with E-state index in [0.717, 1.165) is 16.7 Å². The van der Waals surface area contributed by atoms with Crippen molar-refractivity contribution in [2.75, 3.05) is 6.61 Å². The van der Waals surface area contributed by atoms with Crippen LogP contribution in [0.15, 0.2) is 58.0 Å². The van der Waals surface area contributed by atoms with Crippen molar-refractivity contribution in [3.8, 4) is 17.1 Å². The van der Waals surface area contributed by atoms with Crippen molar-refractivity contribution in [1.29, 1.82) is 0 Å². The van der Waals surface area contributed by atoms with E-state index in [1.165, 1.54) is 18.3 Å². The monoisotopic (exact) mass is 520 g/mol. The number of carbonyl (C=O) groups excluding carboxylic acids is 2. The van der Waals surface area contributed by atoms with Gasteiger partial charge in [0, 0.05) is 17.7 Å². The number of amides is 2. The SMILES string of the molecule is Cc1ccc([N+](=O)[O-])cc1-c1ccc(/C=N\NC(=O)[C@H](CC(C)C)NC(=O)COc2c(C)cccc2C)o1. The zero-order valence-electron chi connectivity index (χ0n) is 22.1. The molecule has 3 aromatic rings. The minimum atomic E-state index is -0.805. The highest BCUT2D eigenvalue weighted by Crippen LogP contribution is 2.29. The van der Waals surface area contributed by atoms with E-state index < -0.39 is 22.8 Å². The predicted octanol–water partition coefficient (Wildman–Crippen LogP) is 4.84. The van der Waals surface area contributed by atoms with Crippen LogP contribution in [0.3, 0.4) is 0 Å². The Morgan fingerprint density at radius 1 is 1.08 bits per heavy atom. The molecule has 1 atom stereocenters. The minimum Gasteiger partial charge on any atom is -0.483 e. The maximum Gasteiger partial charge on any atom is 0.270 e. The van der Waals surface area contributed by atoms with Crippen LogP contribution in [0.25, 0.3) is 11.3 Å². The van der Waals surface area contributed by atoms with E-state index in [9.17, 15) is 19.7 Å². The normalized spacial score (nSPS) is 11.9. The number of ether oxygens (including phenoxy) is 1. The van der Waals surface area contributed by atoms with Crippen molar-refractivity contribution < 1.29 is 23.7 Å². The van der Waals surface area contributed by atoms with Crippen LogP contribution in [-0.4, -0.2) is 35.6 Å². The molecule has 0 aliphatic heterocycles. The Labute approximate surface area is 221 Å². The molecule has 0 fully saturated rings. The van der Waals surface area contributed by atoms with E-state index in [0.29, 0.717) is 29.3 Å². The van der Waals surface area contributed by atoms with Crippen LogP contribution in [0.4, 0.5) is 5.69 Å². The third kappa shape index (κ3) is 7.52. The number of nitro groups is 1. The number of hydrogen-bond acceptors (Lipinski definition) is 7. The van der Waals surface area contributed by atoms with E-state index >= 15 is 0 Å². The van der Waals surface area contributed by atoms with E-state index in [2.05, 4.69) is 15.8 Å². The summed E-state index contributed by atoms with van der Waals surface area (Å²) in [5, 5.41) is 17.8. The molecule has 0 aliphatic carbocycles. The standard InChI is InChI=1S/C28H32N4O6/c1-17(2)13-24(30-26(33)16-37-27-19(4)7-6-8-20(27)5)28(34)31-29-15-22-11-12-25(38-22)23-14-21(32(35)36)10-9-18(23)3/h6-12,14-15,17,24H,13,16H2,1-5H3,(H,30,33)(H,31,34)/b29-15-/t24-/m0/s1. The summed E-state index contributed by atoms with van der Waals surface area (Å²) in [4.78, 5) is 36.0. The summed E-state index contributed by atoms with van der Waals surface area (Å²) in [5.41, 5.74) is 5.65. The van der Waals surface area contributed by atoms with Crippen molar-refractivity contribution in [2.24, 2.45) is 11.0 Å². The molecule has 0 saturated heterocycles. The second kappa shape index (κ2) is 12.7. The van der Waals surface area contributed by atoms with Gasteiger partial charge in [0.05, 0.1) is 11.1 Å². The van der Waals surface area contributed by atoms with Gasteiger partial charge in [-0.05, 0) is 61.9 Å². The first-order valence-corrected chi connectivity index (χ1v) is 12.2. The molecule has 0 saturated carbocycles. The van der Waals surface area contributed by atoms with Gasteiger partial charge in [-0.3, -0.25) is 19.7 Å². The first-order chi connectivity index (χ1) is 18.0. The fraction of sp³-hybridized carbons (Fsp3) is 0.321. The molecule has 3 rings (SSSR count). The summed E-state index contributed by atoms with van der Waals surface area (Å²) in [5.74, 6) is 0.679. The zero-order chi connectivity index (χ0) is 27.8. The number of carbonyl (C=O) groups is 2. The second-order valence-corrected chi connectivity index (χ2v) is 9.45. The summed E-state index contributed by atoms with van der Waals surface area (Å²) in [6, 6.07) is 12.8. The lowest BCUT2D eigenvalue weighted by Crippen LogP contribution is -2.47. The van der Waals surface area contributed by atoms with Crippen molar-refractivity contribution in [2.45, 2.75) is 47.1 Å². The molecule has 1 heterocycles. The van der Waals surface area contributed by atoms with Crippen LogP contribution in [0.2, 0.25) is 0 Å². The van der Waals surface area contributed by atoms with Crippen LogP contribution in [-0.2, 0) is 9.59 Å². The Balaban J connectivity index is 1.61. The number of hydrazone groups is 1. The van der Waals surface area contributed by atoms with Crippen LogP contribution in [0.1, 0.15) is 42.7 Å². The number of para-hydroxylation sites is 1. The van der Waals surface area contributed by atoms with E-state index in [4.69, 9.17) is 9.15 Å². The second-order valence-electron chi connectivity index (χ2n) is 9.45. The number of aryl methyl sites for hydroxylation is 3. The Bertz CT molecular complexity index is 1320. The molecule has 0 aliphatic rings. The highest BCUT2D eigenvalue weighted by Gasteiger charge is 2.22. The molecular weight excluding hydrogens is 488 g/mol. The number of non-ortho nitro benzene ring substituents is 1. The number of rotatable bonds is 11. The van der Waals surface area contributed by atoms with Gasteiger partial charge in [-0.2, -0.15) is 5.10 Å². The summed E-state index contributed by atoms with van der Waals surface area (Å²) in [6.45, 7) is 9.31. The van der Waals surface area contributed by atoms with Gasteiger partial charge < -0.3 is 14.5 Å². The van der Waals surface area contributed by atoms with Crippen molar-refractivity contribution in [3.63, 3.8) is 0 Å². The van der Waals surface area contributed by atoms with Gasteiger partial charge in [0.25, 0.3) is 17.5 Å². The van der Waals surface area contributed by atoms with Gasteiger partial charge in [-0.15, -0.1) is 0 Å². The third-order valence-electron chi connectivity index (χ3n) is 5.81. The summed E-state index contributed by atoms with van der Waals surface area (Å²) in [7, 11) is 0. The predicted molar refractivity (Wildman–Crippen MR) is 144 cm³/mol. The molecule has 2 N–H and O–H groups in total. The average molecular weight is 521 g/mol. The highest BCUT2D eigenvalue weighted by molar-refractivity contribution is 5.89. The zero-order valence-corrected chi connectivity index (χ0v) is 22.1. The molecule has 0 spiro atoms. The summed E-state index contributed by atoms with van der Waals surface area (Å²) in [6.07, 6.45) is 1.74. The quantitative estimate of drug-likeness (QED) is 0.211. The molecule has 200 valence electrons. The third-order valence-corrected chi connectivity index (χ3v) is 5.81. The molecule has 38 heavy (non-hydrogen) atoms. The molecule has 0 bridgehead atoms. The van der Waals surface area contributed by atoms with Crippen molar-refractivity contribution in [1.82, 2.24) is 10.7 Å². The smallest absolute Gasteiger partial charge is 0.270 e. The van der Waals surface area contributed by atoms with Gasteiger partial charge >= 0.3 is 0 Å². The number of furan rings is 1. The number of nitrogens with zero attached hydrogens (tertiary/aromatic N) is 2. The lowest BCUT2D eigenvalue weighted by Gasteiger charge is -2.19. The molecule has 10 nitrogen and oxygen atoms in total. The minimum absolute atomic E-state index is 0.0397. The largest absolute Gasteiger partial charge is 0.483 e. The molecule has 0 unspecified atom stereocenters. The summed E-state index contributed by atoms with van der Waals surface area (Å²) < 4.78 is 11.4. The fourth-order valence-electron chi connectivity index (χ4n) is 3.90. The van der Waals surface area contributed by atoms with E-state index in [1.807, 2.05) is 52.8 Å². The Hall–Kier alpha value is -4.47. The number of nitro benzene ring substituents is 1. The molecular formula is C28H32N4O6. The first kappa shape index (κ1) is 28.1. The topological polar surface area (TPSA) is 136 Å². The van der Waals surface area contributed by atoms with Gasteiger partial charge in [0.15, 0.2) is 6.61 Å². The van der Waals surface area contributed by atoms with Gasteiger partial charge in [0.1, 0.15) is 23.3 Å². The van der Waals surface area contributed by atoms with Gasteiger partial charge in [-0.1, -0.05) is 38.1 Å². The van der Waals surface area contributed by atoms with Crippen LogP contribution >= 0.6 is 0 Å². The average Bonchev–Trinajstić information content (AvgIpc) is 3.31. The number of nitrogens with one attached hydrogen (secondary N) is 2. The Morgan fingerprint density at radius 3 is 2.45 bits per heavy atom. The molecule has 1 aromatic heterocycles. The molecule has 10 heteroatoms. The van der Waals surface area contributed by atoms with Crippen LogP contribution < -0.4 is 15.5 Å². The first-order valence-electron chi connectivity index (χ1n) is 12.2. The van der Waals surface area contributed by atoms with Crippen LogP contribution in [0, 0.1) is 36.8 Å². The van der Waals surface area contributed by atoms with E-state index in [-0.39, 0.29) is 18.2 Å². The Morgan fingerprint density at radius 2 is 1.79 bits per heavy atom. The highest BCUT2D eigenvalue weighted by atomic mass is 16.6. The summed E-state index contributed by atoms with van der Waals surface area (Å²) >= 11 is 0. The number of hydrogen-bond donors (Lipinski definition) is 2. The van der Waals surface area contributed by atoms with Gasteiger partial charge in [-0.25, -0.2) is 5.43 Å². The van der Waals surface area contributed by atoms with Crippen molar-refractivity contribution >= 4 is 23.7 Å². The maximum atomic E-state index is 12.8. The number of benzene rings is 2. The molecule has 0 radical (unpaired) electrons. The molecule has 2 aromatic carbocycles. The lowest BCUT2D eigenvalue weighted by molar-refractivity contribution is -0.384.